The van der Waals surface area contributed by atoms with E-state index >= 15 is 0 Å². The fourth-order valence-corrected chi connectivity index (χ4v) is 7.23. The average molecular weight is 406 g/mol. The van der Waals surface area contributed by atoms with Crippen molar-refractivity contribution in [3.05, 3.63) is 23.3 Å². The zero-order valence-corrected chi connectivity index (χ0v) is 18.3. The fraction of sp³-hybridized carbons (Fsp3) is 0.840. The molecule has 1 saturated heterocycles. The van der Waals surface area contributed by atoms with Crippen LogP contribution in [0.3, 0.4) is 0 Å². The van der Waals surface area contributed by atoms with Crippen LogP contribution in [0.25, 0.3) is 0 Å². The van der Waals surface area contributed by atoms with Crippen LogP contribution >= 0.6 is 0 Å². The highest BCUT2D eigenvalue weighted by Crippen LogP contribution is 2.59. The molecule has 7 atom stereocenters. The maximum absolute atomic E-state index is 13.6. The van der Waals surface area contributed by atoms with Gasteiger partial charge in [0.2, 0.25) is 0 Å². The molecule has 4 aliphatic rings. The third-order valence-electron chi connectivity index (χ3n) is 8.56. The van der Waals surface area contributed by atoms with Crippen LogP contribution in [-0.4, -0.2) is 53.1 Å². The van der Waals surface area contributed by atoms with Gasteiger partial charge in [-0.25, -0.2) is 4.39 Å². The molecule has 0 aromatic rings. The molecule has 0 radical (unpaired) electrons. The third-order valence-corrected chi connectivity index (χ3v) is 8.56. The van der Waals surface area contributed by atoms with E-state index in [9.17, 15) is 14.6 Å². The Morgan fingerprint density at radius 3 is 2.62 bits per heavy atom. The summed E-state index contributed by atoms with van der Waals surface area (Å²) in [6.45, 7) is 7.52. The van der Waals surface area contributed by atoms with Crippen molar-refractivity contribution >= 4 is 0 Å². The minimum atomic E-state index is -0.622. The van der Waals surface area contributed by atoms with E-state index in [0.717, 1.165) is 19.0 Å². The van der Waals surface area contributed by atoms with Crippen molar-refractivity contribution < 1.29 is 14.6 Å². The van der Waals surface area contributed by atoms with Gasteiger partial charge in [0.1, 0.15) is 6.17 Å². The van der Waals surface area contributed by atoms with E-state index < -0.39 is 18.4 Å². The Labute approximate surface area is 176 Å². The molecule has 1 heterocycles. The van der Waals surface area contributed by atoms with Crippen LogP contribution in [0, 0.1) is 23.2 Å². The highest BCUT2D eigenvalue weighted by molar-refractivity contribution is 5.26. The first-order chi connectivity index (χ1) is 13.8. The zero-order chi connectivity index (χ0) is 20.6. The molecule has 0 spiro atoms. The molecule has 4 fully saturated rings. The summed E-state index contributed by atoms with van der Waals surface area (Å²) in [5.41, 5.74) is 3.14. The second-order valence-electron chi connectivity index (χ2n) is 10.7. The minimum Gasteiger partial charge on any atom is -0.393 e. The molecular weight excluding hydrogens is 365 g/mol. The van der Waals surface area contributed by atoms with Crippen LogP contribution in [0.15, 0.2) is 23.3 Å². The number of fused-ring (bicyclic) bond motifs is 1. The van der Waals surface area contributed by atoms with Crippen LogP contribution < -0.4 is 0 Å². The van der Waals surface area contributed by atoms with E-state index in [4.69, 9.17) is 0 Å². The van der Waals surface area contributed by atoms with E-state index in [1.54, 1.807) is 5.57 Å². The van der Waals surface area contributed by atoms with Crippen LogP contribution in [0.4, 0.5) is 4.39 Å². The van der Waals surface area contributed by atoms with Crippen LogP contribution in [0.1, 0.15) is 71.6 Å². The fourth-order valence-electron chi connectivity index (χ4n) is 7.23. The highest BCUT2D eigenvalue weighted by atomic mass is 19.1. The monoisotopic (exact) mass is 405 g/mol. The van der Waals surface area contributed by atoms with Gasteiger partial charge in [-0.3, -0.25) is 0 Å². The molecule has 3 saturated carbocycles. The van der Waals surface area contributed by atoms with Gasteiger partial charge < -0.3 is 15.1 Å². The molecule has 3 aliphatic carbocycles. The molecule has 0 aromatic carbocycles. The summed E-state index contributed by atoms with van der Waals surface area (Å²) in [5, 5.41) is 19.9. The number of hydrogen-bond donors (Lipinski definition) is 2. The first-order valence-corrected chi connectivity index (χ1v) is 12.0. The van der Waals surface area contributed by atoms with Crippen LogP contribution in [-0.2, 0) is 0 Å². The van der Waals surface area contributed by atoms with Gasteiger partial charge >= 0.3 is 0 Å². The van der Waals surface area contributed by atoms with E-state index in [1.165, 1.54) is 37.7 Å². The summed E-state index contributed by atoms with van der Waals surface area (Å²) < 4.78 is 13.6. The minimum absolute atomic E-state index is 0.364. The number of likely N-dealkylation sites (tertiary alicyclic amines) is 1. The number of allylic oxidation sites excluding steroid dienone is 3. The standard InChI is InChI=1S/C25H40FNO2/c1-17(15-27-11-9-20(26)16-27)23-7-8-24-19(4-3-10-25(23,24)2)6-5-18-12-21(28)14-22(29)13-18/h5-6,17,20-24,28-29H,3-4,7-16H2,1-2H3/t17?,20?,21-,22+,23-,24+,25-/m1/s1. The molecule has 4 rings (SSSR count). The molecule has 2 N–H and O–H groups in total. The summed E-state index contributed by atoms with van der Waals surface area (Å²) in [6, 6.07) is 0. The number of aliphatic hydroxyl groups excluding tert-OH is 2. The summed E-state index contributed by atoms with van der Waals surface area (Å²) in [7, 11) is 0. The maximum Gasteiger partial charge on any atom is 0.114 e. The van der Waals surface area contributed by atoms with Gasteiger partial charge in [-0.1, -0.05) is 37.1 Å². The lowest BCUT2D eigenvalue weighted by molar-refractivity contribution is 0.0609. The van der Waals surface area contributed by atoms with Gasteiger partial charge in [0.15, 0.2) is 0 Å². The predicted molar refractivity (Wildman–Crippen MR) is 115 cm³/mol. The number of halogens is 1. The van der Waals surface area contributed by atoms with Gasteiger partial charge in [-0.15, -0.1) is 0 Å². The summed E-state index contributed by atoms with van der Waals surface area (Å²) in [6.07, 6.45) is 12.1. The van der Waals surface area contributed by atoms with Crippen molar-refractivity contribution in [1.82, 2.24) is 4.90 Å². The van der Waals surface area contributed by atoms with Crippen LogP contribution in [0.5, 0.6) is 0 Å². The quantitative estimate of drug-likeness (QED) is 0.716. The first-order valence-electron chi connectivity index (χ1n) is 12.0. The lowest BCUT2D eigenvalue weighted by atomic mass is 9.61. The Balaban J connectivity index is 1.44. The van der Waals surface area contributed by atoms with E-state index in [0.29, 0.717) is 49.5 Å². The number of nitrogens with zero attached hydrogens (tertiary/aromatic N) is 1. The van der Waals surface area contributed by atoms with Gasteiger partial charge in [0, 0.05) is 19.6 Å². The third kappa shape index (κ3) is 4.65. The van der Waals surface area contributed by atoms with E-state index in [-0.39, 0.29) is 0 Å². The summed E-state index contributed by atoms with van der Waals surface area (Å²) in [4.78, 5) is 2.34. The van der Waals surface area contributed by atoms with Crippen molar-refractivity contribution in [2.75, 3.05) is 19.6 Å². The molecule has 2 unspecified atom stereocenters. The number of hydrogen-bond acceptors (Lipinski definition) is 3. The Kier molecular flexibility index (Phi) is 6.53. The SMILES string of the molecule is CC(CN1CCC(F)C1)[C@H]1CC[C@H]2C(=CC=C3C[C@@H](O)C[C@@H](O)C3)CCC[C@]12C. The van der Waals surface area contributed by atoms with E-state index in [2.05, 4.69) is 30.9 Å². The normalized spacial score (nSPS) is 45.1. The van der Waals surface area contributed by atoms with Crippen molar-refractivity contribution in [2.24, 2.45) is 23.2 Å². The molecule has 0 amide bonds. The lowest BCUT2D eigenvalue weighted by Crippen LogP contribution is -2.39. The van der Waals surface area contributed by atoms with E-state index in [1.807, 2.05) is 0 Å². The van der Waals surface area contributed by atoms with Crippen LogP contribution in [0.2, 0.25) is 0 Å². The molecule has 0 bridgehead atoms. The predicted octanol–water partition coefficient (Wildman–Crippen LogP) is 4.64. The van der Waals surface area contributed by atoms with Gasteiger partial charge in [-0.05, 0) is 81.0 Å². The second-order valence-corrected chi connectivity index (χ2v) is 10.7. The highest BCUT2D eigenvalue weighted by Gasteiger charge is 2.50. The topological polar surface area (TPSA) is 43.7 Å². The zero-order valence-electron chi connectivity index (χ0n) is 18.3. The summed E-state index contributed by atoms with van der Waals surface area (Å²) >= 11 is 0. The van der Waals surface area contributed by atoms with Crippen molar-refractivity contribution in [1.29, 1.82) is 0 Å². The number of alkyl halides is 1. The maximum atomic E-state index is 13.6. The molecule has 0 aromatic heterocycles. The molecule has 4 heteroatoms. The Morgan fingerprint density at radius 2 is 1.93 bits per heavy atom. The first kappa shape index (κ1) is 21.5. The summed E-state index contributed by atoms with van der Waals surface area (Å²) in [5.74, 6) is 2.00. The second kappa shape index (κ2) is 8.80. The number of rotatable bonds is 4. The Morgan fingerprint density at radius 1 is 1.17 bits per heavy atom. The Hall–Kier alpha value is -0.710. The Bertz CT molecular complexity index is 635. The molecule has 29 heavy (non-hydrogen) atoms. The smallest absolute Gasteiger partial charge is 0.114 e. The van der Waals surface area contributed by atoms with Crippen molar-refractivity contribution in [3.8, 4) is 0 Å². The molecule has 164 valence electrons. The van der Waals surface area contributed by atoms with Gasteiger partial charge in [0.25, 0.3) is 0 Å². The largest absolute Gasteiger partial charge is 0.393 e. The van der Waals surface area contributed by atoms with Gasteiger partial charge in [0.05, 0.1) is 12.2 Å². The van der Waals surface area contributed by atoms with Crippen molar-refractivity contribution in [2.45, 2.75) is 90.0 Å². The number of aliphatic hydroxyl groups is 2. The van der Waals surface area contributed by atoms with Crippen molar-refractivity contribution in [3.63, 3.8) is 0 Å². The molecule has 1 aliphatic heterocycles. The average Bonchev–Trinajstić information content (AvgIpc) is 3.21. The van der Waals surface area contributed by atoms with Gasteiger partial charge in [-0.2, -0.15) is 0 Å². The molecular formula is C25H40FNO2. The molecule has 3 nitrogen and oxygen atoms in total. The lowest BCUT2D eigenvalue weighted by Gasteiger charge is -2.45.